The second kappa shape index (κ2) is 9.15. The van der Waals surface area contributed by atoms with Crippen LogP contribution in [0.4, 0.5) is 0 Å². The first-order chi connectivity index (χ1) is 16.4. The Morgan fingerprint density at radius 2 is 1.89 bits per heavy atom. The molecule has 4 aliphatic carbocycles. The van der Waals surface area contributed by atoms with Crippen LogP contribution in [0.15, 0.2) is 23.3 Å². The molecule has 0 aliphatic heterocycles. The normalized spacial score (nSPS) is 41.4. The van der Waals surface area contributed by atoms with E-state index in [1.54, 1.807) is 5.57 Å². The lowest BCUT2D eigenvalue weighted by molar-refractivity contribution is -0.152. The molecule has 35 heavy (non-hydrogen) atoms. The lowest BCUT2D eigenvalue weighted by atomic mass is 9.41. The van der Waals surface area contributed by atoms with Gasteiger partial charge in [-0.1, -0.05) is 57.9 Å². The van der Waals surface area contributed by atoms with Gasteiger partial charge in [0.15, 0.2) is 0 Å². The number of rotatable bonds is 6. The highest BCUT2D eigenvalue weighted by Crippen LogP contribution is 2.73. The van der Waals surface area contributed by atoms with Crippen molar-refractivity contribution in [2.24, 2.45) is 45.3 Å². The minimum atomic E-state index is -0.245. The summed E-state index contributed by atoms with van der Waals surface area (Å²) in [6.07, 6.45) is 13.4. The highest BCUT2D eigenvalue weighted by atomic mass is 16.5. The summed E-state index contributed by atoms with van der Waals surface area (Å²) in [4.78, 5) is 25.9. The zero-order valence-corrected chi connectivity index (χ0v) is 23.2. The maximum Gasteiger partial charge on any atom is 0.308 e. The van der Waals surface area contributed by atoms with E-state index < -0.39 is 0 Å². The fraction of sp³-hybridized carbons (Fsp3) is 0.806. The molecule has 3 saturated carbocycles. The second-order valence-electron chi connectivity index (χ2n) is 13.5. The monoisotopic (exact) mass is 484 g/mol. The topological polar surface area (TPSA) is 63.6 Å². The number of ketones is 1. The van der Waals surface area contributed by atoms with E-state index in [4.69, 9.17) is 4.74 Å². The van der Waals surface area contributed by atoms with Gasteiger partial charge in [0.05, 0.1) is 19.6 Å². The first-order valence-electron chi connectivity index (χ1n) is 13.9. The van der Waals surface area contributed by atoms with E-state index in [-0.39, 0.29) is 40.2 Å². The SMILES string of the molecule is COC(=O)[C@H](CC/C=C(/C)CO)[C@@H]1CC[C@]2(C)C3=CC[C@H]4C(C)(C)C(=O)CC[C@]4(C)[C@H]3CC[C@@]12C. The molecule has 0 aromatic carbocycles. The van der Waals surface area contributed by atoms with Gasteiger partial charge in [0.1, 0.15) is 5.78 Å². The minimum Gasteiger partial charge on any atom is -0.469 e. The highest BCUT2D eigenvalue weighted by Gasteiger charge is 2.66. The summed E-state index contributed by atoms with van der Waals surface area (Å²) in [5.74, 6) is 1.52. The van der Waals surface area contributed by atoms with Gasteiger partial charge in [-0.05, 0) is 92.3 Å². The van der Waals surface area contributed by atoms with Gasteiger partial charge in [-0.15, -0.1) is 0 Å². The molecule has 7 atom stereocenters. The van der Waals surface area contributed by atoms with Gasteiger partial charge in [0.25, 0.3) is 0 Å². The summed E-state index contributed by atoms with van der Waals surface area (Å²) in [6, 6.07) is 0. The number of allylic oxidation sites excluding steroid dienone is 3. The van der Waals surface area contributed by atoms with Gasteiger partial charge in [0, 0.05) is 11.8 Å². The third-order valence-electron chi connectivity index (χ3n) is 11.9. The lowest BCUT2D eigenvalue weighted by Crippen LogP contribution is -2.57. The van der Waals surface area contributed by atoms with Crippen LogP contribution in [0.5, 0.6) is 0 Å². The second-order valence-corrected chi connectivity index (χ2v) is 13.5. The van der Waals surface area contributed by atoms with Crippen molar-refractivity contribution in [3.05, 3.63) is 23.3 Å². The number of Topliss-reactive ketones (excluding diaryl/α,β-unsaturated/α-hetero) is 1. The van der Waals surface area contributed by atoms with Crippen molar-refractivity contribution in [3.8, 4) is 0 Å². The van der Waals surface area contributed by atoms with Crippen molar-refractivity contribution >= 4 is 11.8 Å². The van der Waals surface area contributed by atoms with Gasteiger partial charge in [0.2, 0.25) is 0 Å². The summed E-state index contributed by atoms with van der Waals surface area (Å²) < 4.78 is 5.34. The van der Waals surface area contributed by atoms with E-state index in [1.807, 2.05) is 6.92 Å². The van der Waals surface area contributed by atoms with Crippen LogP contribution in [0.2, 0.25) is 0 Å². The summed E-state index contributed by atoms with van der Waals surface area (Å²) in [6.45, 7) is 13.8. The van der Waals surface area contributed by atoms with Gasteiger partial charge in [-0.25, -0.2) is 0 Å². The Bertz CT molecular complexity index is 928. The Kier molecular flexibility index (Phi) is 6.97. The van der Waals surface area contributed by atoms with Crippen molar-refractivity contribution in [3.63, 3.8) is 0 Å². The summed E-state index contributed by atoms with van der Waals surface area (Å²) in [5, 5.41) is 9.37. The van der Waals surface area contributed by atoms with Crippen molar-refractivity contribution < 1.29 is 19.4 Å². The average Bonchev–Trinajstić information content (AvgIpc) is 3.10. The molecule has 4 heteroatoms. The number of hydrogen-bond donors (Lipinski definition) is 1. The van der Waals surface area contributed by atoms with E-state index in [2.05, 4.69) is 46.8 Å². The molecule has 4 aliphatic rings. The molecule has 0 aromatic heterocycles. The third-order valence-corrected chi connectivity index (χ3v) is 11.9. The fourth-order valence-corrected chi connectivity index (χ4v) is 9.41. The van der Waals surface area contributed by atoms with E-state index in [0.717, 1.165) is 56.9 Å². The van der Waals surface area contributed by atoms with Gasteiger partial charge in [-0.3, -0.25) is 9.59 Å². The molecule has 0 radical (unpaired) electrons. The van der Waals surface area contributed by atoms with Gasteiger partial charge >= 0.3 is 5.97 Å². The maximum absolute atomic E-state index is 13.1. The first kappa shape index (κ1) is 26.6. The van der Waals surface area contributed by atoms with Gasteiger partial charge < -0.3 is 9.84 Å². The molecule has 0 spiro atoms. The van der Waals surface area contributed by atoms with Crippen LogP contribution in [0.1, 0.15) is 99.3 Å². The Labute approximate surface area is 213 Å². The number of carbonyl (C=O) groups excluding carboxylic acids is 2. The molecule has 1 N–H and O–H groups in total. The average molecular weight is 485 g/mol. The lowest BCUT2D eigenvalue weighted by Gasteiger charge is -2.63. The van der Waals surface area contributed by atoms with E-state index in [1.165, 1.54) is 7.11 Å². The van der Waals surface area contributed by atoms with Crippen molar-refractivity contribution in [1.29, 1.82) is 0 Å². The zero-order valence-electron chi connectivity index (χ0n) is 23.2. The summed E-state index contributed by atoms with van der Waals surface area (Å²) in [7, 11) is 1.52. The summed E-state index contributed by atoms with van der Waals surface area (Å²) in [5.41, 5.74) is 2.68. The number of aliphatic hydroxyl groups is 1. The Morgan fingerprint density at radius 1 is 1.17 bits per heavy atom. The van der Waals surface area contributed by atoms with Crippen LogP contribution < -0.4 is 0 Å². The number of ether oxygens (including phenoxy) is 1. The minimum absolute atomic E-state index is 0.0626. The van der Waals surface area contributed by atoms with Crippen molar-refractivity contribution in [2.75, 3.05) is 13.7 Å². The molecule has 0 unspecified atom stereocenters. The fourth-order valence-electron chi connectivity index (χ4n) is 9.41. The molecule has 0 amide bonds. The molecule has 0 saturated heterocycles. The van der Waals surface area contributed by atoms with Gasteiger partial charge in [-0.2, -0.15) is 0 Å². The van der Waals surface area contributed by atoms with Crippen LogP contribution in [0, 0.1) is 45.3 Å². The third kappa shape index (κ3) is 3.88. The number of fused-ring (bicyclic) bond motifs is 5. The highest BCUT2D eigenvalue weighted by molar-refractivity contribution is 5.85. The molecule has 4 nitrogen and oxygen atoms in total. The molecular weight excluding hydrogens is 436 g/mol. The predicted octanol–water partition coefficient (Wildman–Crippen LogP) is 6.67. The molecular formula is C31H48O4. The standard InChI is InChI=1S/C31H48O4/c1-20(19-32)9-8-10-21(27(34)35-7)22-13-17-31(6)24-11-12-25-28(2,3)26(33)15-16-29(25,4)23(24)14-18-30(22,31)5/h9,11,21-23,25,32H,8,10,12-19H2,1-7H3/b20-9-/t21-,22+,23+,25+,29-,30+,31-/m1/s1. The number of hydrogen-bond acceptors (Lipinski definition) is 4. The van der Waals surface area contributed by atoms with Crippen LogP contribution in [0.25, 0.3) is 0 Å². The van der Waals surface area contributed by atoms with Crippen LogP contribution in [0.3, 0.4) is 0 Å². The Hall–Kier alpha value is -1.42. The zero-order chi connectivity index (χ0) is 25.8. The summed E-state index contributed by atoms with van der Waals surface area (Å²) >= 11 is 0. The molecule has 0 aromatic rings. The number of aliphatic hydroxyl groups excluding tert-OH is 1. The largest absolute Gasteiger partial charge is 0.469 e. The molecule has 3 fully saturated rings. The van der Waals surface area contributed by atoms with Crippen molar-refractivity contribution in [1.82, 2.24) is 0 Å². The maximum atomic E-state index is 13.1. The van der Waals surface area contributed by atoms with E-state index in [0.29, 0.717) is 30.0 Å². The van der Waals surface area contributed by atoms with Crippen LogP contribution >= 0.6 is 0 Å². The molecule has 4 rings (SSSR count). The van der Waals surface area contributed by atoms with E-state index in [9.17, 15) is 14.7 Å². The molecule has 0 heterocycles. The van der Waals surface area contributed by atoms with Crippen molar-refractivity contribution in [2.45, 2.75) is 99.3 Å². The Balaban J connectivity index is 1.66. The number of carbonyl (C=O) groups is 2. The molecule has 196 valence electrons. The van der Waals surface area contributed by atoms with Crippen LogP contribution in [-0.2, 0) is 14.3 Å². The van der Waals surface area contributed by atoms with Crippen LogP contribution in [-0.4, -0.2) is 30.6 Å². The van der Waals surface area contributed by atoms with E-state index >= 15 is 0 Å². The quantitative estimate of drug-likeness (QED) is 0.338. The number of methoxy groups -OCH3 is 1. The first-order valence-corrected chi connectivity index (χ1v) is 13.9. The molecule has 0 bridgehead atoms. The Morgan fingerprint density at radius 3 is 2.54 bits per heavy atom. The predicted molar refractivity (Wildman–Crippen MR) is 140 cm³/mol. The smallest absolute Gasteiger partial charge is 0.308 e. The number of esters is 1.